The van der Waals surface area contributed by atoms with Gasteiger partial charge in [0.1, 0.15) is 11.4 Å². The van der Waals surface area contributed by atoms with Crippen molar-refractivity contribution in [2.75, 3.05) is 12.0 Å². The van der Waals surface area contributed by atoms with Gasteiger partial charge in [0.05, 0.1) is 30.2 Å². The predicted octanol–water partition coefficient (Wildman–Crippen LogP) is 2.37. The molecule has 0 bridgehead atoms. The van der Waals surface area contributed by atoms with Crippen LogP contribution >= 0.6 is 0 Å². The number of nitrogens with one attached hydrogen (secondary N) is 2. The summed E-state index contributed by atoms with van der Waals surface area (Å²) in [6.07, 6.45) is 1.25. The van der Waals surface area contributed by atoms with Gasteiger partial charge >= 0.3 is 0 Å². The highest BCUT2D eigenvalue weighted by Gasteiger charge is 2.28. The van der Waals surface area contributed by atoms with Crippen molar-refractivity contribution < 1.29 is 14.3 Å². The molecule has 0 radical (unpaired) electrons. The number of aromatic nitrogens is 4. The maximum absolute atomic E-state index is 13.3. The van der Waals surface area contributed by atoms with Gasteiger partial charge < -0.3 is 20.4 Å². The third-order valence-corrected chi connectivity index (χ3v) is 4.21. The first kappa shape index (κ1) is 17.3. The lowest BCUT2D eigenvalue weighted by Gasteiger charge is -2.20. The summed E-state index contributed by atoms with van der Waals surface area (Å²) in [6, 6.07) is 14.3. The molecule has 4 N–H and O–H groups in total. The molecule has 2 heterocycles. The Kier molecular flexibility index (Phi) is 4.24. The van der Waals surface area contributed by atoms with E-state index in [4.69, 9.17) is 10.5 Å². The van der Waals surface area contributed by atoms with Gasteiger partial charge in [-0.3, -0.25) is 9.59 Å². The number of carbonyl (C=O) groups is 2. The molecule has 0 aliphatic carbocycles. The van der Waals surface area contributed by atoms with Gasteiger partial charge in [-0.25, -0.2) is 14.9 Å². The average molecular weight is 376 g/mol. The third kappa shape index (κ3) is 2.94. The van der Waals surface area contributed by atoms with Crippen molar-refractivity contribution in [1.82, 2.24) is 19.9 Å². The van der Waals surface area contributed by atoms with Gasteiger partial charge in [0.15, 0.2) is 5.69 Å². The molecule has 2 aromatic heterocycles. The van der Waals surface area contributed by atoms with E-state index >= 15 is 0 Å². The van der Waals surface area contributed by atoms with Gasteiger partial charge in [0.25, 0.3) is 11.8 Å². The van der Waals surface area contributed by atoms with Crippen molar-refractivity contribution in [2.45, 2.75) is 0 Å². The van der Waals surface area contributed by atoms with E-state index in [1.807, 2.05) is 24.3 Å². The van der Waals surface area contributed by atoms with Crippen molar-refractivity contribution in [3.63, 3.8) is 0 Å². The number of benzene rings is 2. The number of aromatic amines is 2. The Morgan fingerprint density at radius 2 is 1.86 bits per heavy atom. The molecular formula is C19H16N6O3. The zero-order valence-electron chi connectivity index (χ0n) is 14.8. The number of primary amides is 1. The Bertz CT molecular complexity index is 1130. The van der Waals surface area contributed by atoms with Crippen LogP contribution in [-0.4, -0.2) is 38.9 Å². The molecule has 2 amide bonds. The van der Waals surface area contributed by atoms with Gasteiger partial charge in [-0.1, -0.05) is 12.1 Å². The van der Waals surface area contributed by atoms with E-state index in [-0.39, 0.29) is 11.4 Å². The molecule has 9 heteroatoms. The minimum atomic E-state index is -0.802. The molecule has 0 spiro atoms. The van der Waals surface area contributed by atoms with E-state index in [1.165, 1.54) is 11.2 Å². The summed E-state index contributed by atoms with van der Waals surface area (Å²) < 4.78 is 5.18. The number of amides is 2. The molecule has 0 saturated heterocycles. The Labute approximate surface area is 159 Å². The number of anilines is 2. The minimum absolute atomic E-state index is 0.0243. The summed E-state index contributed by atoms with van der Waals surface area (Å²) in [5, 5.41) is 0. The number of fused-ring (bicyclic) bond motifs is 1. The molecule has 0 unspecified atom stereocenters. The van der Waals surface area contributed by atoms with Crippen molar-refractivity contribution in [3.8, 4) is 5.75 Å². The van der Waals surface area contributed by atoms with Crippen molar-refractivity contribution in [1.29, 1.82) is 0 Å². The van der Waals surface area contributed by atoms with E-state index in [2.05, 4.69) is 19.9 Å². The topological polar surface area (TPSA) is 130 Å². The summed E-state index contributed by atoms with van der Waals surface area (Å²) in [7, 11) is 1.56. The van der Waals surface area contributed by atoms with E-state index in [9.17, 15) is 9.59 Å². The van der Waals surface area contributed by atoms with E-state index in [1.54, 1.807) is 31.4 Å². The second-order valence-electron chi connectivity index (χ2n) is 5.91. The number of methoxy groups -OCH3 is 1. The van der Waals surface area contributed by atoms with Crippen molar-refractivity contribution in [3.05, 3.63) is 66.2 Å². The van der Waals surface area contributed by atoms with Crippen LogP contribution in [0.3, 0.4) is 0 Å². The summed E-state index contributed by atoms with van der Waals surface area (Å²) >= 11 is 0. The number of hydrogen-bond acceptors (Lipinski definition) is 5. The quantitative estimate of drug-likeness (QED) is 0.492. The molecule has 4 rings (SSSR count). The van der Waals surface area contributed by atoms with Crippen LogP contribution in [-0.2, 0) is 0 Å². The Hall–Kier alpha value is -4.14. The average Bonchev–Trinajstić information content (AvgIpc) is 3.35. The molecule has 2 aromatic carbocycles. The number of ether oxygens (including phenoxy) is 1. The zero-order chi connectivity index (χ0) is 19.7. The van der Waals surface area contributed by atoms with Crippen molar-refractivity contribution >= 4 is 34.5 Å². The maximum Gasteiger partial charge on any atom is 0.284 e. The highest BCUT2D eigenvalue weighted by Crippen LogP contribution is 2.29. The summed E-state index contributed by atoms with van der Waals surface area (Å²) in [6.45, 7) is 0. The minimum Gasteiger partial charge on any atom is -0.497 e. The lowest BCUT2D eigenvalue weighted by molar-refractivity contribution is 0.0961. The number of nitrogens with zero attached hydrogens (tertiary/aromatic N) is 3. The number of nitrogens with two attached hydrogens (primary N) is 1. The van der Waals surface area contributed by atoms with E-state index in [0.717, 1.165) is 5.52 Å². The Balaban J connectivity index is 1.86. The SMILES string of the molecule is COc1ccc(N(C(=O)c2[nH]cnc2C(N)=O)c2nc3ccccc3[nH]2)cc1. The first-order valence-electron chi connectivity index (χ1n) is 8.35. The van der Waals surface area contributed by atoms with Crippen LogP contribution in [0, 0.1) is 0 Å². The van der Waals surface area contributed by atoms with Gasteiger partial charge in [-0.05, 0) is 36.4 Å². The molecule has 0 fully saturated rings. The van der Waals surface area contributed by atoms with Crippen LogP contribution in [0.15, 0.2) is 54.9 Å². The van der Waals surface area contributed by atoms with Crippen LogP contribution in [0.5, 0.6) is 5.75 Å². The van der Waals surface area contributed by atoms with Crippen LogP contribution < -0.4 is 15.4 Å². The number of H-pyrrole nitrogens is 2. The number of carbonyl (C=O) groups excluding carboxylic acids is 2. The largest absolute Gasteiger partial charge is 0.497 e. The number of hydrogen-bond donors (Lipinski definition) is 3. The van der Waals surface area contributed by atoms with Crippen LogP contribution in [0.2, 0.25) is 0 Å². The van der Waals surface area contributed by atoms with Crippen LogP contribution in [0.1, 0.15) is 21.0 Å². The summed E-state index contributed by atoms with van der Waals surface area (Å²) in [4.78, 5) is 40.5. The second-order valence-corrected chi connectivity index (χ2v) is 5.91. The Morgan fingerprint density at radius 3 is 2.54 bits per heavy atom. The third-order valence-electron chi connectivity index (χ3n) is 4.21. The molecule has 0 atom stereocenters. The van der Waals surface area contributed by atoms with Crippen LogP contribution in [0.4, 0.5) is 11.6 Å². The smallest absolute Gasteiger partial charge is 0.284 e. The summed E-state index contributed by atoms with van der Waals surface area (Å²) in [5.74, 6) is -0.402. The van der Waals surface area contributed by atoms with Crippen LogP contribution in [0.25, 0.3) is 11.0 Å². The van der Waals surface area contributed by atoms with Gasteiger partial charge in [-0.15, -0.1) is 0 Å². The fraction of sp³-hybridized carbons (Fsp3) is 0.0526. The lowest BCUT2D eigenvalue weighted by atomic mass is 10.2. The number of para-hydroxylation sites is 2. The standard InChI is InChI=1S/C19H16N6O3/c1-28-12-8-6-11(7-9-12)25(18(27)16-15(17(20)26)21-10-22-16)19-23-13-4-2-3-5-14(13)24-19/h2-10H,1H3,(H2,20,26)(H,21,22)(H,23,24). The molecule has 4 aromatic rings. The van der Waals surface area contributed by atoms with E-state index in [0.29, 0.717) is 22.9 Å². The van der Waals surface area contributed by atoms with Gasteiger partial charge in [-0.2, -0.15) is 0 Å². The molecule has 0 saturated carbocycles. The first-order chi connectivity index (χ1) is 13.6. The second kappa shape index (κ2) is 6.88. The normalized spacial score (nSPS) is 10.8. The highest BCUT2D eigenvalue weighted by atomic mass is 16.5. The molecule has 140 valence electrons. The molecule has 0 aliphatic rings. The number of rotatable bonds is 5. The monoisotopic (exact) mass is 376 g/mol. The number of imidazole rings is 2. The van der Waals surface area contributed by atoms with Gasteiger partial charge in [0.2, 0.25) is 5.95 Å². The molecule has 28 heavy (non-hydrogen) atoms. The predicted molar refractivity (Wildman–Crippen MR) is 103 cm³/mol. The lowest BCUT2D eigenvalue weighted by Crippen LogP contribution is -2.29. The molecule has 9 nitrogen and oxygen atoms in total. The maximum atomic E-state index is 13.3. The first-order valence-corrected chi connectivity index (χ1v) is 8.35. The highest BCUT2D eigenvalue weighted by molar-refractivity contribution is 6.14. The molecule has 0 aliphatic heterocycles. The van der Waals surface area contributed by atoms with Gasteiger partial charge in [0, 0.05) is 0 Å². The molecular weight excluding hydrogens is 360 g/mol. The fourth-order valence-corrected chi connectivity index (χ4v) is 2.87. The van der Waals surface area contributed by atoms with Crippen molar-refractivity contribution in [2.24, 2.45) is 5.73 Å². The Morgan fingerprint density at radius 1 is 1.11 bits per heavy atom. The summed E-state index contributed by atoms with van der Waals surface area (Å²) in [5.41, 5.74) is 7.17. The fourth-order valence-electron chi connectivity index (χ4n) is 2.87. The zero-order valence-corrected chi connectivity index (χ0v) is 14.8. The van der Waals surface area contributed by atoms with E-state index < -0.39 is 11.8 Å².